The Hall–Kier alpha value is -2.14. The van der Waals surface area contributed by atoms with Crippen molar-refractivity contribution in [1.29, 1.82) is 0 Å². The summed E-state index contributed by atoms with van der Waals surface area (Å²) in [5, 5.41) is 3.11. The summed E-state index contributed by atoms with van der Waals surface area (Å²) in [6.07, 6.45) is 8.07. The lowest BCUT2D eigenvalue weighted by Crippen LogP contribution is -2.26. The topological polar surface area (TPSA) is 55.7 Å². The van der Waals surface area contributed by atoms with Gasteiger partial charge in [-0.3, -0.25) is 0 Å². The molecule has 2 aromatic rings. The maximum Gasteiger partial charge on any atom is 0.126 e. The quantitative estimate of drug-likeness (QED) is 0.180. The van der Waals surface area contributed by atoms with Gasteiger partial charge in [0.15, 0.2) is 0 Å². The molecule has 30 heavy (non-hydrogen) atoms. The molecule has 0 unspecified atom stereocenters. The third kappa shape index (κ3) is 6.98. The first-order chi connectivity index (χ1) is 14.6. The summed E-state index contributed by atoms with van der Waals surface area (Å²) in [5.41, 5.74) is 2.35. The number of hydrogen-bond donors (Lipinski definition) is 0. The van der Waals surface area contributed by atoms with Gasteiger partial charge in [0, 0.05) is 16.1 Å². The van der Waals surface area contributed by atoms with E-state index in [0.717, 1.165) is 66.0 Å². The van der Waals surface area contributed by atoms with Crippen LogP contribution >= 0.6 is 11.8 Å². The molecule has 0 spiro atoms. The molecule has 0 aliphatic rings. The molecule has 0 aromatic heterocycles. The van der Waals surface area contributed by atoms with Gasteiger partial charge in [0.25, 0.3) is 0 Å². The predicted molar refractivity (Wildman–Crippen MR) is 126 cm³/mol. The normalized spacial score (nSPS) is 11.3. The van der Waals surface area contributed by atoms with Crippen molar-refractivity contribution < 1.29 is 9.53 Å². The van der Waals surface area contributed by atoms with Gasteiger partial charge in [-0.1, -0.05) is 51.7 Å². The minimum atomic E-state index is -0.282. The molecule has 5 heteroatoms. The van der Waals surface area contributed by atoms with Crippen LogP contribution in [0.25, 0.3) is 0 Å². The zero-order valence-corrected chi connectivity index (χ0v) is 19.2. The highest BCUT2D eigenvalue weighted by atomic mass is 32.2. The molecule has 0 bridgehead atoms. The lowest BCUT2D eigenvalue weighted by atomic mass is 9.81. The van der Waals surface area contributed by atoms with E-state index in [0.29, 0.717) is 12.1 Å². The Balaban J connectivity index is 2.23. The van der Waals surface area contributed by atoms with Crippen molar-refractivity contribution in [1.82, 2.24) is 0 Å². The molecular formula is C25H33NO3S. The van der Waals surface area contributed by atoms with Gasteiger partial charge in [-0.05, 0) is 65.9 Å². The first-order valence-corrected chi connectivity index (χ1v) is 11.8. The van der Waals surface area contributed by atoms with Crippen molar-refractivity contribution in [2.45, 2.75) is 63.7 Å². The number of aldehydes is 1. The maximum absolute atomic E-state index is 12.1. The van der Waals surface area contributed by atoms with E-state index in [1.165, 1.54) is 6.29 Å². The Morgan fingerprint density at radius 2 is 1.70 bits per heavy atom. The fraction of sp³-hybridized carbons (Fsp3) is 0.480. The number of methoxy groups -OCH3 is 1. The van der Waals surface area contributed by atoms with E-state index in [1.807, 2.05) is 36.4 Å². The van der Waals surface area contributed by atoms with Crippen molar-refractivity contribution in [3.63, 3.8) is 0 Å². The predicted octanol–water partition coefficient (Wildman–Crippen LogP) is 7.34. The molecule has 0 aliphatic heterocycles. The van der Waals surface area contributed by atoms with E-state index in [1.54, 1.807) is 24.9 Å². The molecule has 0 saturated heterocycles. The second-order valence-corrected chi connectivity index (χ2v) is 8.90. The number of hydrogen-bond acceptors (Lipinski definition) is 5. The van der Waals surface area contributed by atoms with Crippen LogP contribution in [-0.2, 0) is 11.2 Å². The monoisotopic (exact) mass is 427 g/mol. The van der Waals surface area contributed by atoms with E-state index in [-0.39, 0.29) is 5.41 Å². The highest BCUT2D eigenvalue weighted by molar-refractivity contribution is 7.99. The summed E-state index contributed by atoms with van der Waals surface area (Å²) in [6, 6.07) is 13.5. The molecule has 2 aromatic carbocycles. The highest BCUT2D eigenvalue weighted by Crippen LogP contribution is 2.38. The van der Waals surface area contributed by atoms with E-state index in [4.69, 9.17) is 4.74 Å². The summed E-state index contributed by atoms with van der Waals surface area (Å²) in [5.74, 6) is 1.58. The number of ether oxygens (including phenoxy) is 1. The van der Waals surface area contributed by atoms with Crippen LogP contribution in [-0.4, -0.2) is 19.1 Å². The van der Waals surface area contributed by atoms with Crippen LogP contribution in [0.5, 0.6) is 5.75 Å². The summed E-state index contributed by atoms with van der Waals surface area (Å²) < 4.78 is 5.24. The molecule has 0 N–H and O–H groups in total. The summed E-state index contributed by atoms with van der Waals surface area (Å²) in [7, 11) is 1.65. The van der Waals surface area contributed by atoms with Gasteiger partial charge in [0.1, 0.15) is 17.7 Å². The minimum Gasteiger partial charge on any atom is -0.497 e. The largest absolute Gasteiger partial charge is 0.497 e. The Kier molecular flexibility index (Phi) is 10.1. The van der Waals surface area contributed by atoms with Gasteiger partial charge < -0.3 is 9.53 Å². The average molecular weight is 428 g/mol. The molecule has 0 radical (unpaired) electrons. The number of unbranched alkanes of at least 4 members (excludes halogenated alkanes) is 2. The summed E-state index contributed by atoms with van der Waals surface area (Å²) >= 11 is 1.73. The first kappa shape index (κ1) is 24.1. The van der Waals surface area contributed by atoms with E-state index in [9.17, 15) is 9.70 Å². The average Bonchev–Trinajstić information content (AvgIpc) is 2.80. The number of rotatable bonds is 14. The van der Waals surface area contributed by atoms with Gasteiger partial charge in [0.2, 0.25) is 0 Å². The molecule has 0 saturated carbocycles. The smallest absolute Gasteiger partial charge is 0.126 e. The van der Waals surface area contributed by atoms with Gasteiger partial charge in [-0.25, -0.2) is 0 Å². The van der Waals surface area contributed by atoms with Crippen LogP contribution in [0.2, 0.25) is 0 Å². The number of carbonyl (C=O) groups excluding carboxylic acids is 1. The molecule has 0 aliphatic carbocycles. The fourth-order valence-corrected chi connectivity index (χ4v) is 4.85. The van der Waals surface area contributed by atoms with Crippen molar-refractivity contribution >= 4 is 23.7 Å². The van der Waals surface area contributed by atoms with Crippen molar-refractivity contribution in [2.75, 3.05) is 12.9 Å². The SMILES string of the molecule is CCCCC(C=O)(CCCC)CSc1ccc(N=O)cc1Cc1ccc(OC)cc1. The van der Waals surface area contributed by atoms with Crippen LogP contribution in [0.3, 0.4) is 0 Å². The minimum absolute atomic E-state index is 0.282. The van der Waals surface area contributed by atoms with E-state index >= 15 is 0 Å². The van der Waals surface area contributed by atoms with Crippen molar-refractivity contribution in [3.8, 4) is 5.75 Å². The van der Waals surface area contributed by atoms with Crippen LogP contribution in [0.1, 0.15) is 63.5 Å². The van der Waals surface area contributed by atoms with Gasteiger partial charge in [0.05, 0.1) is 7.11 Å². The first-order valence-electron chi connectivity index (χ1n) is 10.8. The second kappa shape index (κ2) is 12.5. The standard InChI is InChI=1S/C25H33NO3S/c1-4-6-14-25(18-27,15-7-5-2)19-30-24-13-10-22(26-28)17-21(24)16-20-8-11-23(29-3)12-9-20/h8-13,17-18H,4-7,14-16,19H2,1-3H3. The third-order valence-corrected chi connectivity index (χ3v) is 6.95. The zero-order chi connectivity index (χ0) is 21.8. The van der Waals surface area contributed by atoms with Crippen LogP contribution in [0.15, 0.2) is 52.5 Å². The third-order valence-electron chi connectivity index (χ3n) is 5.52. The van der Waals surface area contributed by atoms with Crippen molar-refractivity contribution in [3.05, 3.63) is 58.5 Å². The van der Waals surface area contributed by atoms with Gasteiger partial charge >= 0.3 is 0 Å². The molecule has 2 rings (SSSR count). The Labute approximate surface area is 184 Å². The van der Waals surface area contributed by atoms with Crippen molar-refractivity contribution in [2.24, 2.45) is 10.6 Å². The lowest BCUT2D eigenvalue weighted by molar-refractivity contribution is -0.116. The Morgan fingerprint density at radius 3 is 2.23 bits per heavy atom. The number of nitrogens with zero attached hydrogens (tertiary/aromatic N) is 1. The Bertz CT molecular complexity index is 797. The summed E-state index contributed by atoms with van der Waals surface area (Å²) in [6.45, 7) is 4.33. The highest BCUT2D eigenvalue weighted by Gasteiger charge is 2.29. The molecule has 0 amide bonds. The van der Waals surface area contributed by atoms with Gasteiger partial charge in [-0.2, -0.15) is 0 Å². The molecule has 4 nitrogen and oxygen atoms in total. The number of nitroso groups, excluding NO2 is 1. The maximum atomic E-state index is 12.1. The van der Waals surface area contributed by atoms with Crippen LogP contribution < -0.4 is 4.74 Å². The van der Waals surface area contributed by atoms with Crippen LogP contribution in [0, 0.1) is 10.3 Å². The lowest BCUT2D eigenvalue weighted by Gasteiger charge is -2.28. The second-order valence-electron chi connectivity index (χ2n) is 7.88. The van der Waals surface area contributed by atoms with E-state index in [2.05, 4.69) is 19.0 Å². The summed E-state index contributed by atoms with van der Waals surface area (Å²) in [4.78, 5) is 24.3. The van der Waals surface area contributed by atoms with E-state index < -0.39 is 0 Å². The van der Waals surface area contributed by atoms with Crippen LogP contribution in [0.4, 0.5) is 5.69 Å². The molecule has 0 heterocycles. The molecule has 0 atom stereocenters. The number of thioether (sulfide) groups is 1. The van der Waals surface area contributed by atoms with Gasteiger partial charge in [-0.15, -0.1) is 16.7 Å². The molecule has 162 valence electrons. The zero-order valence-electron chi connectivity index (χ0n) is 18.4. The fourth-order valence-electron chi connectivity index (χ4n) is 3.57. The number of carbonyl (C=O) groups is 1. The molecule has 0 fully saturated rings. The Morgan fingerprint density at radius 1 is 1.03 bits per heavy atom. The molecular weight excluding hydrogens is 394 g/mol. The number of benzene rings is 2.